The number of aryl methyl sites for hydroxylation is 2. The number of aromatic nitrogens is 1. The highest BCUT2D eigenvalue weighted by Crippen LogP contribution is 2.27. The lowest BCUT2D eigenvalue weighted by atomic mass is 10.1. The van der Waals surface area contributed by atoms with Crippen LogP contribution in [0.15, 0.2) is 33.9 Å². The predicted octanol–water partition coefficient (Wildman–Crippen LogP) is 2.96. The topological polar surface area (TPSA) is 78.9 Å². The lowest BCUT2D eigenvalue weighted by molar-refractivity contribution is -0.120. The average Bonchev–Trinajstić information content (AvgIpc) is 2.97. The van der Waals surface area contributed by atoms with Crippen molar-refractivity contribution < 1.29 is 9.21 Å². The molecule has 6 heteroatoms. The van der Waals surface area contributed by atoms with E-state index in [-0.39, 0.29) is 11.2 Å². The number of carbonyl (C=O) groups excluding carboxylic acids is 1. The Labute approximate surface area is 133 Å². The molecule has 114 valence electrons. The van der Waals surface area contributed by atoms with Gasteiger partial charge in [0, 0.05) is 5.69 Å². The lowest BCUT2D eigenvalue weighted by Gasteiger charge is -2.13. The van der Waals surface area contributed by atoms with E-state index in [1.165, 1.54) is 11.8 Å². The summed E-state index contributed by atoms with van der Waals surface area (Å²) < 4.78 is 5.17. The number of nitrogens with zero attached hydrogens (tertiary/aromatic N) is 2. The molecule has 0 unspecified atom stereocenters. The van der Waals surface area contributed by atoms with Gasteiger partial charge >= 0.3 is 0 Å². The first-order chi connectivity index (χ1) is 10.5. The quantitative estimate of drug-likeness (QED) is 0.858. The second kappa shape index (κ2) is 7.14. The van der Waals surface area contributed by atoms with Crippen LogP contribution in [0.1, 0.15) is 29.5 Å². The van der Waals surface area contributed by atoms with E-state index in [0.717, 1.165) is 11.3 Å². The molecule has 1 atom stereocenters. The van der Waals surface area contributed by atoms with Crippen LogP contribution >= 0.6 is 11.8 Å². The highest BCUT2D eigenvalue weighted by Gasteiger charge is 2.18. The third-order valence-corrected chi connectivity index (χ3v) is 4.18. The largest absolute Gasteiger partial charge is 0.467 e. The molecule has 0 bridgehead atoms. The van der Waals surface area contributed by atoms with Gasteiger partial charge in [-0.05, 0) is 44.5 Å². The van der Waals surface area contributed by atoms with Crippen LogP contribution in [-0.2, 0) is 11.3 Å². The van der Waals surface area contributed by atoms with Crippen LogP contribution in [-0.4, -0.2) is 16.1 Å². The molecule has 0 spiro atoms. The minimum Gasteiger partial charge on any atom is -0.467 e. The number of hydrogen-bond acceptors (Lipinski definition) is 5. The molecule has 0 aromatic carbocycles. The standard InChI is InChI=1S/C16H17N3O2S/c1-10-7-11(2)19-16(14(10)8-17)22-12(3)15(20)18-9-13-5-4-6-21-13/h4-7,12H,9H2,1-3H3,(H,18,20)/t12-/m0/s1. The molecule has 5 nitrogen and oxygen atoms in total. The van der Waals surface area contributed by atoms with Gasteiger partial charge in [0.15, 0.2) is 0 Å². The molecule has 0 fully saturated rings. The fourth-order valence-electron chi connectivity index (χ4n) is 1.98. The van der Waals surface area contributed by atoms with Crippen LogP contribution in [0.4, 0.5) is 0 Å². The highest BCUT2D eigenvalue weighted by atomic mass is 32.2. The number of rotatable bonds is 5. The molecule has 2 aromatic rings. The van der Waals surface area contributed by atoms with Gasteiger partial charge in [-0.3, -0.25) is 4.79 Å². The molecular weight excluding hydrogens is 298 g/mol. The van der Waals surface area contributed by atoms with Gasteiger partial charge in [0.05, 0.1) is 23.6 Å². The minimum atomic E-state index is -0.351. The molecule has 0 aliphatic carbocycles. The number of thioether (sulfide) groups is 1. The van der Waals surface area contributed by atoms with E-state index in [0.29, 0.717) is 22.9 Å². The van der Waals surface area contributed by atoms with E-state index in [1.807, 2.05) is 19.9 Å². The molecule has 2 heterocycles. The summed E-state index contributed by atoms with van der Waals surface area (Å²) in [5, 5.41) is 12.3. The van der Waals surface area contributed by atoms with Crippen LogP contribution in [0, 0.1) is 25.2 Å². The van der Waals surface area contributed by atoms with Gasteiger partial charge in [-0.15, -0.1) is 0 Å². The summed E-state index contributed by atoms with van der Waals surface area (Å²) in [6, 6.07) is 7.60. The van der Waals surface area contributed by atoms with Crippen LogP contribution < -0.4 is 5.32 Å². The summed E-state index contributed by atoms with van der Waals surface area (Å²) in [6.45, 7) is 5.89. The Balaban J connectivity index is 2.04. The zero-order chi connectivity index (χ0) is 16.1. The summed E-state index contributed by atoms with van der Waals surface area (Å²) in [6.07, 6.45) is 1.57. The monoisotopic (exact) mass is 315 g/mol. The summed E-state index contributed by atoms with van der Waals surface area (Å²) in [5.74, 6) is 0.582. The van der Waals surface area contributed by atoms with E-state index < -0.39 is 0 Å². The Morgan fingerprint density at radius 3 is 2.95 bits per heavy atom. The highest BCUT2D eigenvalue weighted by molar-refractivity contribution is 8.00. The maximum Gasteiger partial charge on any atom is 0.233 e. The Kier molecular flexibility index (Phi) is 5.23. The van der Waals surface area contributed by atoms with Crippen molar-refractivity contribution in [1.29, 1.82) is 5.26 Å². The molecule has 0 aliphatic rings. The van der Waals surface area contributed by atoms with E-state index in [4.69, 9.17) is 4.42 Å². The number of carbonyl (C=O) groups is 1. The normalized spacial score (nSPS) is 11.7. The van der Waals surface area contributed by atoms with Crippen molar-refractivity contribution >= 4 is 17.7 Å². The number of nitrogens with one attached hydrogen (secondary N) is 1. The van der Waals surface area contributed by atoms with Gasteiger partial charge in [0.25, 0.3) is 0 Å². The summed E-state index contributed by atoms with van der Waals surface area (Å²) in [5.41, 5.74) is 2.24. The average molecular weight is 315 g/mol. The zero-order valence-electron chi connectivity index (χ0n) is 12.7. The fourth-order valence-corrected chi connectivity index (χ4v) is 3.02. The van der Waals surface area contributed by atoms with Crippen LogP contribution in [0.2, 0.25) is 0 Å². The molecule has 1 N–H and O–H groups in total. The third-order valence-electron chi connectivity index (χ3n) is 3.10. The Morgan fingerprint density at radius 2 is 2.32 bits per heavy atom. The number of amides is 1. The Hall–Kier alpha value is -2.26. The van der Waals surface area contributed by atoms with Crippen LogP contribution in [0.3, 0.4) is 0 Å². The van der Waals surface area contributed by atoms with Crippen LogP contribution in [0.25, 0.3) is 0 Å². The predicted molar refractivity (Wildman–Crippen MR) is 84.3 cm³/mol. The van der Waals surface area contributed by atoms with Gasteiger partial charge in [-0.1, -0.05) is 11.8 Å². The summed E-state index contributed by atoms with van der Waals surface area (Å²) in [7, 11) is 0. The van der Waals surface area contributed by atoms with E-state index >= 15 is 0 Å². The maximum absolute atomic E-state index is 12.1. The van der Waals surface area contributed by atoms with Gasteiger partial charge in [-0.25, -0.2) is 4.98 Å². The van der Waals surface area contributed by atoms with Crippen molar-refractivity contribution in [1.82, 2.24) is 10.3 Å². The fraction of sp³-hybridized carbons (Fsp3) is 0.312. The van der Waals surface area contributed by atoms with E-state index in [9.17, 15) is 10.1 Å². The smallest absolute Gasteiger partial charge is 0.233 e. The van der Waals surface area contributed by atoms with E-state index in [2.05, 4.69) is 16.4 Å². The maximum atomic E-state index is 12.1. The van der Waals surface area contributed by atoms with Gasteiger partial charge < -0.3 is 9.73 Å². The molecule has 0 aliphatic heterocycles. The number of furan rings is 1. The van der Waals surface area contributed by atoms with Crippen molar-refractivity contribution in [2.24, 2.45) is 0 Å². The van der Waals surface area contributed by atoms with Crippen LogP contribution in [0.5, 0.6) is 0 Å². The van der Waals surface area contributed by atoms with Crippen molar-refractivity contribution in [2.75, 3.05) is 0 Å². The van der Waals surface area contributed by atoms with E-state index in [1.54, 1.807) is 25.3 Å². The molecule has 22 heavy (non-hydrogen) atoms. The Bertz CT molecular complexity index is 705. The Morgan fingerprint density at radius 1 is 1.55 bits per heavy atom. The van der Waals surface area contributed by atoms with Crippen molar-refractivity contribution in [3.05, 3.63) is 47.0 Å². The summed E-state index contributed by atoms with van der Waals surface area (Å²) in [4.78, 5) is 16.5. The van der Waals surface area contributed by atoms with Gasteiger partial charge in [0.1, 0.15) is 16.9 Å². The van der Waals surface area contributed by atoms with Gasteiger partial charge in [0.2, 0.25) is 5.91 Å². The number of hydrogen-bond donors (Lipinski definition) is 1. The number of pyridine rings is 1. The summed E-state index contributed by atoms with van der Waals surface area (Å²) >= 11 is 1.29. The third kappa shape index (κ3) is 3.89. The second-order valence-corrected chi connectivity index (χ2v) is 6.26. The number of nitriles is 1. The van der Waals surface area contributed by atoms with Crippen molar-refractivity contribution in [3.8, 4) is 6.07 Å². The molecule has 2 rings (SSSR count). The lowest BCUT2D eigenvalue weighted by Crippen LogP contribution is -2.30. The first kappa shape index (κ1) is 16.1. The molecule has 0 saturated heterocycles. The molecule has 0 radical (unpaired) electrons. The van der Waals surface area contributed by atoms with Gasteiger partial charge in [-0.2, -0.15) is 5.26 Å². The van der Waals surface area contributed by atoms with Crippen molar-refractivity contribution in [3.63, 3.8) is 0 Å². The second-order valence-electron chi connectivity index (χ2n) is 4.93. The zero-order valence-corrected chi connectivity index (χ0v) is 13.5. The molecule has 1 amide bonds. The minimum absolute atomic E-state index is 0.119. The SMILES string of the molecule is Cc1cc(C)c(C#N)c(S[C@@H](C)C(=O)NCc2ccco2)n1. The molecule has 2 aromatic heterocycles. The molecular formula is C16H17N3O2S. The first-order valence-electron chi connectivity index (χ1n) is 6.86. The first-order valence-corrected chi connectivity index (χ1v) is 7.74. The molecule has 0 saturated carbocycles. The van der Waals surface area contributed by atoms with Crippen molar-refractivity contribution in [2.45, 2.75) is 37.6 Å².